The van der Waals surface area contributed by atoms with Crippen molar-refractivity contribution < 1.29 is 13.2 Å². The first-order chi connectivity index (χ1) is 9.34. The molecule has 3 nitrogen and oxygen atoms in total. The Hall–Kier alpha value is -1.34. The van der Waals surface area contributed by atoms with Crippen molar-refractivity contribution in [1.82, 2.24) is 9.97 Å². The average molecular weight is 367 g/mol. The molecule has 8 heteroatoms. The van der Waals surface area contributed by atoms with Gasteiger partial charge in [0.25, 0.3) is 0 Å². The van der Waals surface area contributed by atoms with Gasteiger partial charge in [-0.1, -0.05) is 39.7 Å². The highest BCUT2D eigenvalue weighted by Gasteiger charge is 2.35. The minimum Gasteiger partial charge on any atom is -0.366 e. The molecule has 1 N–H and O–H groups in total. The zero-order chi connectivity index (χ0) is 14.8. The molecule has 0 aliphatic heterocycles. The van der Waals surface area contributed by atoms with Gasteiger partial charge in [0.15, 0.2) is 0 Å². The Labute approximate surface area is 126 Å². The lowest BCUT2D eigenvalue weighted by Gasteiger charge is -2.09. The molecule has 1 heterocycles. The summed E-state index contributed by atoms with van der Waals surface area (Å²) < 4.78 is 38.5. The monoisotopic (exact) mass is 365 g/mol. The molecule has 0 spiro atoms. The molecule has 0 bridgehead atoms. The molecule has 1 aromatic heterocycles. The number of halogens is 5. The van der Waals surface area contributed by atoms with Crippen LogP contribution in [-0.4, -0.2) is 9.97 Å². The maximum absolute atomic E-state index is 12.5. The van der Waals surface area contributed by atoms with Crippen LogP contribution in [-0.2, 0) is 12.7 Å². The maximum atomic E-state index is 12.5. The zero-order valence-corrected chi connectivity index (χ0v) is 12.2. The van der Waals surface area contributed by atoms with Crippen LogP contribution in [0.15, 0.2) is 34.8 Å². The summed E-state index contributed by atoms with van der Waals surface area (Å²) in [7, 11) is 0. The SMILES string of the molecule is FC(F)(F)c1nc(Cl)cc(NCc2ccc(Br)cc2)n1. The lowest BCUT2D eigenvalue weighted by Crippen LogP contribution is -2.13. The van der Waals surface area contributed by atoms with Crippen molar-refractivity contribution in [3.8, 4) is 0 Å². The second kappa shape index (κ2) is 5.97. The van der Waals surface area contributed by atoms with E-state index in [0.717, 1.165) is 10.0 Å². The summed E-state index contributed by atoms with van der Waals surface area (Å²) in [6.07, 6.45) is -4.63. The van der Waals surface area contributed by atoms with E-state index in [-0.39, 0.29) is 11.0 Å². The van der Waals surface area contributed by atoms with E-state index in [2.05, 4.69) is 31.2 Å². The number of nitrogens with one attached hydrogen (secondary N) is 1. The number of anilines is 1. The molecule has 0 fully saturated rings. The lowest BCUT2D eigenvalue weighted by atomic mass is 10.2. The van der Waals surface area contributed by atoms with Crippen LogP contribution in [0.25, 0.3) is 0 Å². The number of rotatable bonds is 3. The maximum Gasteiger partial charge on any atom is 0.451 e. The molecule has 0 aliphatic rings. The van der Waals surface area contributed by atoms with Gasteiger partial charge in [-0.25, -0.2) is 9.97 Å². The van der Waals surface area contributed by atoms with Crippen LogP contribution in [0.1, 0.15) is 11.4 Å². The molecule has 2 aromatic rings. The molecule has 20 heavy (non-hydrogen) atoms. The van der Waals surface area contributed by atoms with Crippen molar-refractivity contribution in [2.24, 2.45) is 0 Å². The normalized spacial score (nSPS) is 11.4. The molecule has 0 saturated heterocycles. The predicted octanol–water partition coefficient (Wildman–Crippen LogP) is 4.52. The van der Waals surface area contributed by atoms with Gasteiger partial charge in [0.05, 0.1) is 0 Å². The van der Waals surface area contributed by atoms with Crippen molar-refractivity contribution in [2.45, 2.75) is 12.7 Å². The highest BCUT2D eigenvalue weighted by Crippen LogP contribution is 2.28. The summed E-state index contributed by atoms with van der Waals surface area (Å²) in [6, 6.07) is 8.60. The molecule has 0 amide bonds. The van der Waals surface area contributed by atoms with Gasteiger partial charge in [0.1, 0.15) is 11.0 Å². The molecule has 1 aromatic carbocycles. The largest absolute Gasteiger partial charge is 0.451 e. The van der Waals surface area contributed by atoms with Crippen molar-refractivity contribution in [3.05, 3.63) is 51.3 Å². The summed E-state index contributed by atoms with van der Waals surface area (Å²) in [5.74, 6) is -1.23. The van der Waals surface area contributed by atoms with Crippen molar-refractivity contribution in [3.63, 3.8) is 0 Å². The number of hydrogen-bond donors (Lipinski definition) is 1. The number of aromatic nitrogens is 2. The summed E-state index contributed by atoms with van der Waals surface area (Å²) in [4.78, 5) is 6.55. The number of alkyl halides is 3. The zero-order valence-electron chi connectivity index (χ0n) is 9.88. The molecular formula is C12H8BrClF3N3. The summed E-state index contributed by atoms with van der Waals surface area (Å²) in [5, 5.41) is 2.52. The Balaban J connectivity index is 2.13. The van der Waals surface area contributed by atoms with Crippen molar-refractivity contribution in [2.75, 3.05) is 5.32 Å². The highest BCUT2D eigenvalue weighted by molar-refractivity contribution is 9.10. The van der Waals surface area contributed by atoms with Gasteiger partial charge >= 0.3 is 6.18 Å². The molecule has 2 rings (SSSR count). The van der Waals surface area contributed by atoms with Crippen LogP contribution >= 0.6 is 27.5 Å². The van der Waals surface area contributed by atoms with Gasteiger partial charge in [-0.15, -0.1) is 0 Å². The highest BCUT2D eigenvalue weighted by atomic mass is 79.9. The third-order valence-electron chi connectivity index (χ3n) is 2.34. The second-order valence-corrected chi connectivity index (χ2v) is 5.18. The van der Waals surface area contributed by atoms with E-state index < -0.39 is 12.0 Å². The van der Waals surface area contributed by atoms with Crippen LogP contribution in [0.2, 0.25) is 5.15 Å². The Kier molecular flexibility index (Phi) is 4.49. The van der Waals surface area contributed by atoms with Crippen LogP contribution < -0.4 is 5.32 Å². The van der Waals surface area contributed by atoms with E-state index in [4.69, 9.17) is 11.6 Å². The third-order valence-corrected chi connectivity index (χ3v) is 3.06. The van der Waals surface area contributed by atoms with Crippen LogP contribution in [0.5, 0.6) is 0 Å². The average Bonchev–Trinajstić information content (AvgIpc) is 2.36. The minimum absolute atomic E-state index is 0.0280. The van der Waals surface area contributed by atoms with E-state index in [9.17, 15) is 13.2 Å². The van der Waals surface area contributed by atoms with E-state index in [0.29, 0.717) is 6.54 Å². The Morgan fingerprint density at radius 2 is 1.80 bits per heavy atom. The fourth-order valence-electron chi connectivity index (χ4n) is 1.43. The molecule has 0 atom stereocenters. The Bertz CT molecular complexity index is 602. The minimum atomic E-state index is -4.63. The molecule has 0 saturated carbocycles. The predicted molar refractivity (Wildman–Crippen MR) is 73.5 cm³/mol. The lowest BCUT2D eigenvalue weighted by molar-refractivity contribution is -0.144. The van der Waals surface area contributed by atoms with Gasteiger partial charge < -0.3 is 5.32 Å². The topological polar surface area (TPSA) is 37.8 Å². The van der Waals surface area contributed by atoms with E-state index in [1.54, 1.807) is 0 Å². The van der Waals surface area contributed by atoms with Gasteiger partial charge in [0.2, 0.25) is 5.82 Å². The molecule has 0 aliphatic carbocycles. The number of benzene rings is 1. The number of hydrogen-bond acceptors (Lipinski definition) is 3. The summed E-state index contributed by atoms with van der Waals surface area (Å²) in [5.41, 5.74) is 0.900. The second-order valence-electron chi connectivity index (χ2n) is 3.88. The third kappa shape index (κ3) is 4.08. The van der Waals surface area contributed by atoms with Gasteiger partial charge in [-0.3, -0.25) is 0 Å². The first-order valence-corrected chi connectivity index (χ1v) is 6.62. The summed E-state index contributed by atoms with van der Waals surface area (Å²) >= 11 is 8.86. The number of nitrogens with zero attached hydrogens (tertiary/aromatic N) is 2. The summed E-state index contributed by atoms with van der Waals surface area (Å²) in [6.45, 7) is 0.331. The van der Waals surface area contributed by atoms with E-state index in [1.807, 2.05) is 24.3 Å². The smallest absolute Gasteiger partial charge is 0.366 e. The van der Waals surface area contributed by atoms with Crippen LogP contribution in [0, 0.1) is 0 Å². The molecule has 0 radical (unpaired) electrons. The Morgan fingerprint density at radius 1 is 1.15 bits per heavy atom. The van der Waals surface area contributed by atoms with E-state index in [1.165, 1.54) is 6.07 Å². The Morgan fingerprint density at radius 3 is 2.40 bits per heavy atom. The fourth-order valence-corrected chi connectivity index (χ4v) is 1.88. The van der Waals surface area contributed by atoms with Gasteiger partial charge in [-0.2, -0.15) is 13.2 Å². The van der Waals surface area contributed by atoms with Crippen molar-refractivity contribution >= 4 is 33.3 Å². The first-order valence-electron chi connectivity index (χ1n) is 5.45. The van der Waals surface area contributed by atoms with Gasteiger partial charge in [0, 0.05) is 17.1 Å². The van der Waals surface area contributed by atoms with Crippen molar-refractivity contribution in [1.29, 1.82) is 0 Å². The molecule has 0 unspecified atom stereocenters. The molecule has 106 valence electrons. The first kappa shape index (κ1) is 15.1. The van der Waals surface area contributed by atoms with Gasteiger partial charge in [-0.05, 0) is 17.7 Å². The van der Waals surface area contributed by atoms with Crippen LogP contribution in [0.3, 0.4) is 0 Å². The quantitative estimate of drug-likeness (QED) is 0.812. The van der Waals surface area contributed by atoms with Crippen LogP contribution in [0.4, 0.5) is 19.0 Å². The standard InChI is InChI=1S/C12H8BrClF3N3/c13-8-3-1-7(2-4-8)6-18-10-5-9(14)19-11(20-10)12(15,16)17/h1-5H,6H2,(H,18,19,20). The fraction of sp³-hybridized carbons (Fsp3) is 0.167. The van der Waals surface area contributed by atoms with E-state index >= 15 is 0 Å². The molecular weight excluding hydrogens is 359 g/mol.